The van der Waals surface area contributed by atoms with Crippen LogP contribution in [0, 0.1) is 29.1 Å². The summed E-state index contributed by atoms with van der Waals surface area (Å²) in [6.07, 6.45) is 0. The summed E-state index contributed by atoms with van der Waals surface area (Å²) in [7, 11) is 0. The molecule has 35 heavy (non-hydrogen) atoms. The summed E-state index contributed by atoms with van der Waals surface area (Å²) in [6, 6.07) is 21.7. The molecule has 5 rings (SSSR count). The van der Waals surface area contributed by atoms with Gasteiger partial charge in [-0.2, -0.15) is 8.78 Å². The fourth-order valence-electron chi connectivity index (χ4n) is 3.72. The predicted octanol–water partition coefficient (Wildman–Crippen LogP) is 6.27. The van der Waals surface area contributed by atoms with E-state index < -0.39 is 46.6 Å². The average molecular weight is 484 g/mol. The SMILES string of the molecule is O=C(Oc1c(F)c(F)c(F)c(F)c1F)c1cccc2c1OC(c1ccccc1)(c1ccccc1)O2. The van der Waals surface area contributed by atoms with Crippen molar-refractivity contribution in [3.8, 4) is 17.2 Å². The Morgan fingerprint density at radius 1 is 0.629 bits per heavy atom. The zero-order valence-corrected chi connectivity index (χ0v) is 17.5. The lowest BCUT2D eigenvalue weighted by Gasteiger charge is -2.28. The standard InChI is InChI=1S/C26H13F5O4/c27-18-19(28)21(30)24(22(31)20(18)29)33-25(32)16-12-7-13-17-23(16)35-26(34-17,14-8-3-1-4-9-14)15-10-5-2-6-11-15/h1-13H. The molecule has 4 aromatic carbocycles. The molecule has 0 aliphatic carbocycles. The van der Waals surface area contributed by atoms with E-state index in [4.69, 9.17) is 9.47 Å². The molecule has 0 saturated heterocycles. The monoisotopic (exact) mass is 484 g/mol. The van der Waals surface area contributed by atoms with Crippen LogP contribution in [0.3, 0.4) is 0 Å². The maximum absolute atomic E-state index is 14.1. The molecule has 1 aliphatic rings. The Hall–Kier alpha value is -4.40. The van der Waals surface area contributed by atoms with Crippen molar-refractivity contribution < 1.29 is 41.0 Å². The van der Waals surface area contributed by atoms with Crippen LogP contribution in [0.5, 0.6) is 17.2 Å². The second-order valence-corrected chi connectivity index (χ2v) is 7.47. The number of rotatable bonds is 4. The fraction of sp³-hybridized carbons (Fsp3) is 0.0385. The molecule has 1 heterocycles. The quantitative estimate of drug-likeness (QED) is 0.113. The molecular weight excluding hydrogens is 471 g/mol. The Labute approximate surface area is 195 Å². The summed E-state index contributed by atoms with van der Waals surface area (Å²) >= 11 is 0. The molecule has 0 aromatic heterocycles. The summed E-state index contributed by atoms with van der Waals surface area (Å²) in [4.78, 5) is 12.8. The molecule has 0 radical (unpaired) electrons. The lowest BCUT2D eigenvalue weighted by molar-refractivity contribution is -0.0461. The minimum Gasteiger partial charge on any atom is -0.440 e. The van der Waals surface area contributed by atoms with E-state index in [1.54, 1.807) is 60.7 Å². The van der Waals surface area contributed by atoms with Crippen molar-refractivity contribution in [2.75, 3.05) is 0 Å². The number of benzene rings is 4. The van der Waals surface area contributed by atoms with Gasteiger partial charge >= 0.3 is 11.8 Å². The molecule has 0 unspecified atom stereocenters. The normalized spacial score (nSPS) is 13.5. The van der Waals surface area contributed by atoms with Gasteiger partial charge in [-0.25, -0.2) is 18.0 Å². The molecule has 0 amide bonds. The molecule has 1 aliphatic heterocycles. The summed E-state index contributed by atoms with van der Waals surface area (Å²) in [5, 5.41) is 0. The van der Waals surface area contributed by atoms with Crippen molar-refractivity contribution in [2.24, 2.45) is 0 Å². The van der Waals surface area contributed by atoms with Gasteiger partial charge in [0, 0.05) is 11.1 Å². The van der Waals surface area contributed by atoms with Crippen molar-refractivity contribution in [3.05, 3.63) is 125 Å². The van der Waals surface area contributed by atoms with Gasteiger partial charge in [-0.05, 0) is 12.1 Å². The van der Waals surface area contributed by atoms with Crippen LogP contribution in [0.1, 0.15) is 21.5 Å². The van der Waals surface area contributed by atoms with Crippen LogP contribution in [0.4, 0.5) is 22.0 Å². The van der Waals surface area contributed by atoms with E-state index >= 15 is 0 Å². The van der Waals surface area contributed by atoms with Gasteiger partial charge in [0.05, 0.1) is 0 Å². The van der Waals surface area contributed by atoms with Gasteiger partial charge in [0.2, 0.25) is 34.8 Å². The van der Waals surface area contributed by atoms with Crippen LogP contribution in [0.25, 0.3) is 0 Å². The molecule has 0 saturated carbocycles. The number of ether oxygens (including phenoxy) is 3. The molecule has 9 heteroatoms. The largest absolute Gasteiger partial charge is 0.440 e. The van der Waals surface area contributed by atoms with Gasteiger partial charge in [0.25, 0.3) is 0 Å². The van der Waals surface area contributed by atoms with Crippen LogP contribution < -0.4 is 14.2 Å². The number of carbonyl (C=O) groups excluding carboxylic acids is 1. The highest BCUT2D eigenvalue weighted by atomic mass is 19.2. The van der Waals surface area contributed by atoms with E-state index in [-0.39, 0.29) is 17.1 Å². The number of hydrogen-bond acceptors (Lipinski definition) is 4. The minimum absolute atomic E-state index is 0.101. The van der Waals surface area contributed by atoms with E-state index in [9.17, 15) is 26.7 Å². The first-order valence-corrected chi connectivity index (χ1v) is 10.2. The minimum atomic E-state index is -2.37. The van der Waals surface area contributed by atoms with E-state index in [2.05, 4.69) is 4.74 Å². The Bertz CT molecular complexity index is 1370. The van der Waals surface area contributed by atoms with Crippen molar-refractivity contribution in [2.45, 2.75) is 5.79 Å². The van der Waals surface area contributed by atoms with Gasteiger partial charge in [-0.3, -0.25) is 0 Å². The van der Waals surface area contributed by atoms with Crippen LogP contribution in [-0.4, -0.2) is 5.97 Å². The highest BCUT2D eigenvalue weighted by molar-refractivity contribution is 5.95. The second kappa shape index (κ2) is 8.43. The van der Waals surface area contributed by atoms with Crippen molar-refractivity contribution >= 4 is 5.97 Å². The summed E-state index contributed by atoms with van der Waals surface area (Å²) in [5.41, 5.74) is 0.795. The Morgan fingerprint density at radius 2 is 1.14 bits per heavy atom. The van der Waals surface area contributed by atoms with Crippen LogP contribution >= 0.6 is 0 Å². The Balaban J connectivity index is 1.57. The van der Waals surface area contributed by atoms with Crippen LogP contribution in [0.2, 0.25) is 0 Å². The number of hydrogen-bond donors (Lipinski definition) is 0. The van der Waals surface area contributed by atoms with E-state index in [0.29, 0.717) is 11.1 Å². The number of fused-ring (bicyclic) bond motifs is 1. The smallest absolute Gasteiger partial charge is 0.347 e. The molecule has 0 atom stereocenters. The average Bonchev–Trinajstić information content (AvgIpc) is 3.31. The van der Waals surface area contributed by atoms with E-state index in [1.165, 1.54) is 18.2 Å². The maximum atomic E-state index is 14.1. The molecule has 4 aromatic rings. The van der Waals surface area contributed by atoms with E-state index in [1.807, 2.05) is 0 Å². The molecule has 0 fully saturated rings. The zero-order chi connectivity index (χ0) is 24.7. The first-order chi connectivity index (χ1) is 16.8. The van der Waals surface area contributed by atoms with Crippen molar-refractivity contribution in [1.29, 1.82) is 0 Å². The molecule has 4 nitrogen and oxygen atoms in total. The third kappa shape index (κ3) is 3.56. The lowest BCUT2D eigenvalue weighted by Crippen LogP contribution is -2.36. The predicted molar refractivity (Wildman–Crippen MR) is 113 cm³/mol. The molecule has 0 spiro atoms. The van der Waals surface area contributed by atoms with Crippen LogP contribution in [-0.2, 0) is 5.79 Å². The first-order valence-electron chi connectivity index (χ1n) is 10.2. The van der Waals surface area contributed by atoms with Crippen LogP contribution in [0.15, 0.2) is 78.9 Å². The van der Waals surface area contributed by atoms with Gasteiger partial charge in [0.1, 0.15) is 5.56 Å². The molecule has 176 valence electrons. The molecule has 0 bridgehead atoms. The highest BCUT2D eigenvalue weighted by Crippen LogP contribution is 2.49. The second-order valence-electron chi connectivity index (χ2n) is 7.47. The molecular formula is C26H13F5O4. The number of carbonyl (C=O) groups is 1. The summed E-state index contributed by atoms with van der Waals surface area (Å²) in [6.45, 7) is 0. The number of para-hydroxylation sites is 1. The van der Waals surface area contributed by atoms with Gasteiger partial charge in [-0.15, -0.1) is 0 Å². The summed E-state index contributed by atoms with van der Waals surface area (Å²) in [5.74, 6) is -16.1. The highest BCUT2D eigenvalue weighted by Gasteiger charge is 2.47. The van der Waals surface area contributed by atoms with Crippen molar-refractivity contribution in [3.63, 3.8) is 0 Å². The Morgan fingerprint density at radius 3 is 1.69 bits per heavy atom. The number of esters is 1. The molecule has 0 N–H and O–H groups in total. The summed E-state index contributed by atoms with van der Waals surface area (Å²) < 4.78 is 85.5. The maximum Gasteiger partial charge on any atom is 0.347 e. The zero-order valence-electron chi connectivity index (χ0n) is 17.5. The van der Waals surface area contributed by atoms with E-state index in [0.717, 1.165) is 0 Å². The topological polar surface area (TPSA) is 44.8 Å². The first kappa shape index (κ1) is 22.4. The third-order valence-electron chi connectivity index (χ3n) is 5.37. The van der Waals surface area contributed by atoms with Gasteiger partial charge < -0.3 is 14.2 Å². The van der Waals surface area contributed by atoms with Gasteiger partial charge in [0.15, 0.2) is 11.5 Å². The van der Waals surface area contributed by atoms with Gasteiger partial charge in [-0.1, -0.05) is 66.7 Å². The Kier molecular flexibility index (Phi) is 5.39. The third-order valence-corrected chi connectivity index (χ3v) is 5.37. The number of halogens is 5. The lowest BCUT2D eigenvalue weighted by atomic mass is 9.97. The van der Waals surface area contributed by atoms with Crippen molar-refractivity contribution in [1.82, 2.24) is 0 Å². The fourth-order valence-corrected chi connectivity index (χ4v) is 3.72.